The average molecular weight is 182 g/mol. The van der Waals surface area contributed by atoms with Crippen LogP contribution in [0.3, 0.4) is 0 Å². The minimum atomic E-state index is 0.527. The maximum Gasteiger partial charge on any atom is 0.168 e. The molecule has 0 aliphatic carbocycles. The first-order valence-electron chi connectivity index (χ1n) is 4.50. The highest BCUT2D eigenvalue weighted by atomic mass is 16.5. The first kappa shape index (κ1) is 8.50. The lowest BCUT2D eigenvalue weighted by atomic mass is 10.1. The molecule has 1 aliphatic heterocycles. The molecule has 0 saturated carbocycles. The van der Waals surface area contributed by atoms with E-state index in [1.165, 1.54) is 0 Å². The largest absolute Gasteiger partial charge is 0.381 e. The van der Waals surface area contributed by atoms with Gasteiger partial charge >= 0.3 is 0 Å². The summed E-state index contributed by atoms with van der Waals surface area (Å²) in [5.74, 6) is 1.10. The Hall–Kier alpha value is -1.10. The lowest BCUT2D eigenvalue weighted by molar-refractivity contribution is 0.181. The molecule has 72 valence electrons. The number of nitrogens with zero attached hydrogens (tertiary/aromatic N) is 3. The molecule has 0 spiro atoms. The minimum absolute atomic E-state index is 0.527. The van der Waals surface area contributed by atoms with Crippen molar-refractivity contribution in [1.29, 1.82) is 0 Å². The van der Waals surface area contributed by atoms with E-state index in [0.29, 0.717) is 11.7 Å². The van der Waals surface area contributed by atoms with E-state index in [1.807, 2.05) is 11.6 Å². The van der Waals surface area contributed by atoms with Crippen molar-refractivity contribution in [2.45, 2.75) is 19.9 Å². The van der Waals surface area contributed by atoms with Crippen LogP contribution in [-0.4, -0.2) is 28.2 Å². The maximum absolute atomic E-state index is 5.59. The molecule has 0 bridgehead atoms. The highest BCUT2D eigenvalue weighted by Gasteiger charge is 2.17. The quantitative estimate of drug-likeness (QED) is 0.709. The van der Waals surface area contributed by atoms with Crippen molar-refractivity contribution in [3.05, 3.63) is 5.69 Å². The smallest absolute Gasteiger partial charge is 0.168 e. The molecule has 0 amide bonds. The van der Waals surface area contributed by atoms with E-state index in [9.17, 15) is 0 Å². The van der Waals surface area contributed by atoms with E-state index in [0.717, 1.165) is 31.9 Å². The van der Waals surface area contributed by atoms with E-state index < -0.39 is 0 Å². The van der Waals surface area contributed by atoms with Crippen LogP contribution in [0.15, 0.2) is 0 Å². The van der Waals surface area contributed by atoms with Gasteiger partial charge in [-0.15, -0.1) is 5.10 Å². The normalized spacial score (nSPS) is 22.4. The van der Waals surface area contributed by atoms with Crippen LogP contribution in [0.1, 0.15) is 12.1 Å². The zero-order valence-corrected chi connectivity index (χ0v) is 7.73. The third-order valence-electron chi connectivity index (χ3n) is 2.47. The van der Waals surface area contributed by atoms with Crippen LogP contribution in [0, 0.1) is 12.8 Å². The fourth-order valence-electron chi connectivity index (χ4n) is 1.52. The van der Waals surface area contributed by atoms with Crippen LogP contribution in [0.25, 0.3) is 0 Å². The lowest BCUT2D eigenvalue weighted by Crippen LogP contribution is -2.13. The number of aromatic nitrogens is 3. The predicted octanol–water partition coefficient (Wildman–Crippen LogP) is 0.205. The summed E-state index contributed by atoms with van der Waals surface area (Å²) in [4.78, 5) is 0. The number of anilines is 1. The number of ether oxygens (including phenoxy) is 1. The summed E-state index contributed by atoms with van der Waals surface area (Å²) in [6.45, 7) is 4.51. The van der Waals surface area contributed by atoms with Crippen LogP contribution in [0.4, 0.5) is 5.82 Å². The van der Waals surface area contributed by atoms with Gasteiger partial charge in [-0.1, -0.05) is 5.21 Å². The molecular formula is C8H14N4O. The van der Waals surface area contributed by atoms with Gasteiger partial charge < -0.3 is 10.5 Å². The Morgan fingerprint density at radius 1 is 1.69 bits per heavy atom. The van der Waals surface area contributed by atoms with Gasteiger partial charge in [-0.25, -0.2) is 4.68 Å². The van der Waals surface area contributed by atoms with Crippen molar-refractivity contribution in [3.63, 3.8) is 0 Å². The summed E-state index contributed by atoms with van der Waals surface area (Å²) >= 11 is 0. The van der Waals surface area contributed by atoms with Gasteiger partial charge in [-0.05, 0) is 13.3 Å². The molecule has 0 radical (unpaired) electrons. The number of rotatable bonds is 2. The first-order valence-corrected chi connectivity index (χ1v) is 4.50. The molecule has 1 unspecified atom stereocenters. The van der Waals surface area contributed by atoms with Gasteiger partial charge in [0, 0.05) is 19.1 Å². The number of nitrogens with two attached hydrogens (primary N) is 1. The SMILES string of the molecule is Cc1c(N)nnn1CC1CCOC1. The monoisotopic (exact) mass is 182 g/mol. The van der Waals surface area contributed by atoms with Crippen LogP contribution < -0.4 is 5.73 Å². The molecule has 2 rings (SSSR count). The molecule has 1 saturated heterocycles. The zero-order valence-electron chi connectivity index (χ0n) is 7.73. The Morgan fingerprint density at radius 3 is 3.08 bits per heavy atom. The fraction of sp³-hybridized carbons (Fsp3) is 0.750. The molecule has 1 aromatic rings. The Kier molecular flexibility index (Phi) is 2.18. The summed E-state index contributed by atoms with van der Waals surface area (Å²) in [6, 6.07) is 0. The highest BCUT2D eigenvalue weighted by molar-refractivity contribution is 5.31. The molecule has 1 atom stereocenters. The second-order valence-corrected chi connectivity index (χ2v) is 3.47. The third kappa shape index (κ3) is 1.65. The Morgan fingerprint density at radius 2 is 2.54 bits per heavy atom. The van der Waals surface area contributed by atoms with Gasteiger partial charge in [-0.2, -0.15) is 0 Å². The average Bonchev–Trinajstić information content (AvgIpc) is 2.71. The van der Waals surface area contributed by atoms with Gasteiger partial charge in [-0.3, -0.25) is 0 Å². The summed E-state index contributed by atoms with van der Waals surface area (Å²) in [6.07, 6.45) is 1.11. The van der Waals surface area contributed by atoms with Crippen molar-refractivity contribution in [2.24, 2.45) is 5.92 Å². The summed E-state index contributed by atoms with van der Waals surface area (Å²) < 4.78 is 7.14. The van der Waals surface area contributed by atoms with Crippen LogP contribution in [0.2, 0.25) is 0 Å². The van der Waals surface area contributed by atoms with Crippen molar-refractivity contribution in [1.82, 2.24) is 15.0 Å². The molecular weight excluding hydrogens is 168 g/mol. The highest BCUT2D eigenvalue weighted by Crippen LogP contribution is 2.16. The molecule has 1 aromatic heterocycles. The molecule has 1 aliphatic rings. The van der Waals surface area contributed by atoms with Crippen molar-refractivity contribution in [3.8, 4) is 0 Å². The van der Waals surface area contributed by atoms with Gasteiger partial charge in [0.25, 0.3) is 0 Å². The topological polar surface area (TPSA) is 66.0 Å². The summed E-state index contributed by atoms with van der Waals surface area (Å²) in [7, 11) is 0. The summed E-state index contributed by atoms with van der Waals surface area (Å²) in [5.41, 5.74) is 6.54. The van der Waals surface area contributed by atoms with E-state index in [-0.39, 0.29) is 0 Å². The van der Waals surface area contributed by atoms with Crippen molar-refractivity contribution >= 4 is 5.82 Å². The minimum Gasteiger partial charge on any atom is -0.381 e. The molecule has 2 N–H and O–H groups in total. The zero-order chi connectivity index (χ0) is 9.26. The van der Waals surface area contributed by atoms with Gasteiger partial charge in [0.05, 0.1) is 12.3 Å². The van der Waals surface area contributed by atoms with E-state index >= 15 is 0 Å². The maximum atomic E-state index is 5.59. The van der Waals surface area contributed by atoms with Gasteiger partial charge in [0.1, 0.15) is 0 Å². The molecule has 5 heteroatoms. The molecule has 1 fully saturated rings. The predicted molar refractivity (Wildman–Crippen MR) is 48.1 cm³/mol. The van der Waals surface area contributed by atoms with Gasteiger partial charge in [0.15, 0.2) is 5.82 Å². The summed E-state index contributed by atoms with van der Waals surface area (Å²) in [5, 5.41) is 7.77. The van der Waals surface area contributed by atoms with E-state index in [1.54, 1.807) is 0 Å². The van der Waals surface area contributed by atoms with E-state index in [4.69, 9.17) is 10.5 Å². The first-order chi connectivity index (χ1) is 6.27. The van der Waals surface area contributed by atoms with Crippen molar-refractivity contribution < 1.29 is 4.74 Å². The number of nitrogen functional groups attached to an aromatic ring is 1. The molecule has 5 nitrogen and oxygen atoms in total. The number of hydrogen-bond acceptors (Lipinski definition) is 4. The standard InChI is InChI=1S/C8H14N4O/c1-6-8(9)10-11-12(6)4-7-2-3-13-5-7/h7H,2-5,9H2,1H3. The van der Waals surface area contributed by atoms with E-state index in [2.05, 4.69) is 10.3 Å². The second kappa shape index (κ2) is 3.33. The molecule has 2 heterocycles. The Balaban J connectivity index is 2.04. The van der Waals surface area contributed by atoms with Gasteiger partial charge in [0.2, 0.25) is 0 Å². The van der Waals surface area contributed by atoms with Crippen molar-refractivity contribution in [2.75, 3.05) is 18.9 Å². The Labute approximate surface area is 76.9 Å². The van der Waals surface area contributed by atoms with Crippen LogP contribution in [0.5, 0.6) is 0 Å². The second-order valence-electron chi connectivity index (χ2n) is 3.47. The third-order valence-corrected chi connectivity index (χ3v) is 2.47. The number of hydrogen-bond donors (Lipinski definition) is 1. The molecule has 0 aromatic carbocycles. The van der Waals surface area contributed by atoms with Crippen LogP contribution in [-0.2, 0) is 11.3 Å². The molecule has 13 heavy (non-hydrogen) atoms. The lowest BCUT2D eigenvalue weighted by Gasteiger charge is -2.07. The Bertz CT molecular complexity index is 290. The fourth-order valence-corrected chi connectivity index (χ4v) is 1.52. The van der Waals surface area contributed by atoms with Crippen LogP contribution >= 0.6 is 0 Å².